The highest BCUT2D eigenvalue weighted by atomic mass is 79.9. The maximum Gasteiger partial charge on any atom is 0.144 e. The molecule has 0 aliphatic heterocycles. The summed E-state index contributed by atoms with van der Waals surface area (Å²) in [6.45, 7) is 2.90. The quantitative estimate of drug-likeness (QED) is 0.845. The Kier molecular flexibility index (Phi) is 5.01. The lowest BCUT2D eigenvalue weighted by Gasteiger charge is -2.04. The van der Waals surface area contributed by atoms with Crippen molar-refractivity contribution in [1.82, 2.24) is 9.97 Å². The highest BCUT2D eigenvalue weighted by molar-refractivity contribution is 9.10. The second kappa shape index (κ2) is 6.75. The van der Waals surface area contributed by atoms with Crippen molar-refractivity contribution in [3.05, 3.63) is 46.8 Å². The topological polar surface area (TPSA) is 37.8 Å². The van der Waals surface area contributed by atoms with Gasteiger partial charge in [0.15, 0.2) is 0 Å². The summed E-state index contributed by atoms with van der Waals surface area (Å²) >= 11 is 5.18. The second-order valence-corrected chi connectivity index (χ2v) is 5.63. The molecule has 1 aromatic carbocycles. The summed E-state index contributed by atoms with van der Waals surface area (Å²) in [7, 11) is 0. The van der Waals surface area contributed by atoms with Crippen molar-refractivity contribution in [2.24, 2.45) is 0 Å². The summed E-state index contributed by atoms with van der Waals surface area (Å²) in [5.41, 5.74) is 0.990. The first kappa shape index (κ1) is 13.4. The Bertz CT molecular complexity index is 485. The number of thioether (sulfide) groups is 1. The van der Waals surface area contributed by atoms with Crippen LogP contribution in [0.3, 0.4) is 0 Å². The first-order valence-corrected chi connectivity index (χ1v) is 7.49. The Labute approximate surface area is 120 Å². The fourth-order valence-corrected chi connectivity index (χ4v) is 2.45. The number of nitrogens with zero attached hydrogens (tertiary/aromatic N) is 2. The number of hydrogen-bond donors (Lipinski definition) is 1. The Morgan fingerprint density at radius 3 is 2.56 bits per heavy atom. The number of nitrogens with one attached hydrogen (secondary N) is 1. The SMILES string of the molecule is CCNc1cnc(CSc2ccc(Br)cc2)cn1. The van der Waals surface area contributed by atoms with E-state index >= 15 is 0 Å². The van der Waals surface area contributed by atoms with Crippen molar-refractivity contribution in [3.8, 4) is 0 Å². The van der Waals surface area contributed by atoms with E-state index in [-0.39, 0.29) is 0 Å². The van der Waals surface area contributed by atoms with Gasteiger partial charge in [-0.05, 0) is 31.2 Å². The normalized spacial score (nSPS) is 10.3. The van der Waals surface area contributed by atoms with Crippen molar-refractivity contribution < 1.29 is 0 Å². The summed E-state index contributed by atoms with van der Waals surface area (Å²) in [5.74, 6) is 1.66. The number of anilines is 1. The number of rotatable bonds is 5. The van der Waals surface area contributed by atoms with E-state index in [9.17, 15) is 0 Å². The van der Waals surface area contributed by atoms with Crippen LogP contribution in [0.5, 0.6) is 0 Å². The Morgan fingerprint density at radius 1 is 1.17 bits per heavy atom. The Balaban J connectivity index is 1.91. The minimum Gasteiger partial charge on any atom is -0.369 e. The molecule has 1 heterocycles. The van der Waals surface area contributed by atoms with Crippen LogP contribution in [0.2, 0.25) is 0 Å². The third-order valence-corrected chi connectivity index (χ3v) is 3.84. The van der Waals surface area contributed by atoms with Crippen LogP contribution in [0.15, 0.2) is 46.0 Å². The molecule has 2 aromatic rings. The molecule has 1 aromatic heterocycles. The first-order valence-electron chi connectivity index (χ1n) is 5.71. The van der Waals surface area contributed by atoms with Gasteiger partial charge in [0.25, 0.3) is 0 Å². The molecule has 0 saturated heterocycles. The molecule has 2 rings (SSSR count). The van der Waals surface area contributed by atoms with Crippen molar-refractivity contribution in [2.75, 3.05) is 11.9 Å². The molecular formula is C13H14BrN3S. The van der Waals surface area contributed by atoms with Gasteiger partial charge in [-0.2, -0.15) is 0 Å². The van der Waals surface area contributed by atoms with Gasteiger partial charge in [-0.1, -0.05) is 15.9 Å². The highest BCUT2D eigenvalue weighted by Gasteiger charge is 1.99. The largest absolute Gasteiger partial charge is 0.369 e. The van der Waals surface area contributed by atoms with E-state index < -0.39 is 0 Å². The van der Waals surface area contributed by atoms with E-state index in [0.717, 1.165) is 28.3 Å². The van der Waals surface area contributed by atoms with Crippen LogP contribution in [-0.2, 0) is 5.75 Å². The van der Waals surface area contributed by atoms with E-state index in [0.29, 0.717) is 0 Å². The molecule has 0 bridgehead atoms. The molecule has 3 nitrogen and oxygen atoms in total. The summed E-state index contributed by atoms with van der Waals surface area (Å²) in [6.07, 6.45) is 3.60. The fourth-order valence-electron chi connectivity index (χ4n) is 1.39. The van der Waals surface area contributed by atoms with E-state index in [1.54, 1.807) is 18.0 Å². The minimum atomic E-state index is 0.829. The summed E-state index contributed by atoms with van der Waals surface area (Å²) in [6, 6.07) is 8.27. The molecule has 0 fully saturated rings. The minimum absolute atomic E-state index is 0.829. The Hall–Kier alpha value is -1.07. The van der Waals surface area contributed by atoms with Gasteiger partial charge in [0.1, 0.15) is 5.82 Å². The average molecular weight is 324 g/mol. The first-order chi connectivity index (χ1) is 8.78. The van der Waals surface area contributed by atoms with Gasteiger partial charge in [-0.3, -0.25) is 4.98 Å². The predicted molar refractivity (Wildman–Crippen MR) is 79.9 cm³/mol. The van der Waals surface area contributed by atoms with Crippen LogP contribution >= 0.6 is 27.7 Å². The lowest BCUT2D eigenvalue weighted by Crippen LogP contribution is -2.00. The summed E-state index contributed by atoms with van der Waals surface area (Å²) in [4.78, 5) is 9.91. The molecule has 0 amide bonds. The third-order valence-electron chi connectivity index (χ3n) is 2.26. The van der Waals surface area contributed by atoms with Gasteiger partial charge in [0, 0.05) is 21.7 Å². The highest BCUT2D eigenvalue weighted by Crippen LogP contribution is 2.23. The van der Waals surface area contributed by atoms with Crippen LogP contribution in [0.1, 0.15) is 12.6 Å². The van der Waals surface area contributed by atoms with Crippen molar-refractivity contribution >= 4 is 33.5 Å². The number of aromatic nitrogens is 2. The summed E-state index contributed by atoms with van der Waals surface area (Å²) < 4.78 is 1.10. The van der Waals surface area contributed by atoms with E-state index in [1.807, 2.05) is 25.3 Å². The van der Waals surface area contributed by atoms with Crippen molar-refractivity contribution in [3.63, 3.8) is 0 Å². The van der Waals surface area contributed by atoms with Gasteiger partial charge in [-0.15, -0.1) is 11.8 Å². The van der Waals surface area contributed by atoms with E-state index in [2.05, 4.69) is 43.3 Å². The molecule has 5 heteroatoms. The van der Waals surface area contributed by atoms with Gasteiger partial charge in [0.05, 0.1) is 18.1 Å². The molecule has 0 unspecified atom stereocenters. The van der Waals surface area contributed by atoms with Crippen molar-refractivity contribution in [1.29, 1.82) is 0 Å². The van der Waals surface area contributed by atoms with Gasteiger partial charge >= 0.3 is 0 Å². The molecule has 0 radical (unpaired) electrons. The van der Waals surface area contributed by atoms with E-state index in [1.165, 1.54) is 4.90 Å². The zero-order valence-corrected chi connectivity index (χ0v) is 12.5. The van der Waals surface area contributed by atoms with Crippen LogP contribution in [0.25, 0.3) is 0 Å². The number of halogens is 1. The molecule has 0 atom stereocenters. The maximum atomic E-state index is 4.37. The lowest BCUT2D eigenvalue weighted by atomic mass is 10.4. The van der Waals surface area contributed by atoms with Gasteiger partial charge in [0.2, 0.25) is 0 Å². The van der Waals surface area contributed by atoms with Crippen LogP contribution < -0.4 is 5.32 Å². The lowest BCUT2D eigenvalue weighted by molar-refractivity contribution is 1.07. The molecule has 1 N–H and O–H groups in total. The Morgan fingerprint density at radius 2 is 1.94 bits per heavy atom. The zero-order valence-electron chi connectivity index (χ0n) is 10.1. The molecule has 94 valence electrons. The molecule has 0 aliphatic carbocycles. The second-order valence-electron chi connectivity index (χ2n) is 3.67. The third kappa shape index (κ3) is 3.99. The fraction of sp³-hybridized carbons (Fsp3) is 0.231. The standard InChI is InChI=1S/C13H14BrN3S/c1-2-15-13-8-16-11(7-17-13)9-18-12-5-3-10(14)4-6-12/h3-8H,2,9H2,1H3,(H,15,17). The molecular weight excluding hydrogens is 310 g/mol. The van der Waals surface area contributed by atoms with Crippen LogP contribution in [0, 0.1) is 0 Å². The van der Waals surface area contributed by atoms with Crippen LogP contribution in [-0.4, -0.2) is 16.5 Å². The molecule has 0 aliphatic rings. The smallest absolute Gasteiger partial charge is 0.144 e. The van der Waals surface area contributed by atoms with Crippen LogP contribution in [0.4, 0.5) is 5.82 Å². The molecule has 0 spiro atoms. The molecule has 18 heavy (non-hydrogen) atoms. The number of benzene rings is 1. The van der Waals surface area contributed by atoms with Gasteiger partial charge < -0.3 is 5.32 Å². The number of hydrogen-bond acceptors (Lipinski definition) is 4. The zero-order chi connectivity index (χ0) is 12.8. The van der Waals surface area contributed by atoms with E-state index in [4.69, 9.17) is 0 Å². The van der Waals surface area contributed by atoms with Crippen molar-refractivity contribution in [2.45, 2.75) is 17.6 Å². The average Bonchev–Trinajstić information content (AvgIpc) is 2.40. The maximum absolute atomic E-state index is 4.37. The van der Waals surface area contributed by atoms with Gasteiger partial charge in [-0.25, -0.2) is 4.98 Å². The summed E-state index contributed by atoms with van der Waals surface area (Å²) in [5, 5.41) is 3.13. The predicted octanol–water partition coefficient (Wildman–Crippen LogP) is 3.96. The molecule has 0 saturated carbocycles. The monoisotopic (exact) mass is 323 g/mol.